The first-order chi connectivity index (χ1) is 13.7. The Bertz CT molecular complexity index is 734. The SMILES string of the molecule is CC(C)c1noc(C(NCc2ccc(N3CCCC3)nc2)C2CCOCC2)n1. The summed E-state index contributed by atoms with van der Waals surface area (Å²) in [5.74, 6) is 3.24. The average Bonchev–Trinajstić information content (AvgIpc) is 3.42. The molecule has 0 aromatic carbocycles. The third kappa shape index (κ3) is 4.52. The molecule has 2 aliphatic heterocycles. The normalized spacial score (nSPS) is 19.5. The Hall–Kier alpha value is -1.99. The Kier molecular flexibility index (Phi) is 6.22. The van der Waals surface area contributed by atoms with Crippen molar-refractivity contribution in [1.29, 1.82) is 0 Å². The fourth-order valence-corrected chi connectivity index (χ4v) is 4.00. The van der Waals surface area contributed by atoms with Crippen LogP contribution in [0.2, 0.25) is 0 Å². The van der Waals surface area contributed by atoms with Crippen LogP contribution in [-0.2, 0) is 11.3 Å². The first-order valence-electron chi connectivity index (χ1n) is 10.5. The fourth-order valence-electron chi connectivity index (χ4n) is 4.00. The summed E-state index contributed by atoms with van der Waals surface area (Å²) in [6.45, 7) is 8.71. The number of rotatable bonds is 7. The van der Waals surface area contributed by atoms with Crippen LogP contribution in [0.1, 0.15) is 68.8 Å². The molecule has 4 heterocycles. The number of nitrogens with one attached hydrogen (secondary N) is 1. The minimum absolute atomic E-state index is 0.0437. The van der Waals surface area contributed by atoms with Crippen LogP contribution in [0.25, 0.3) is 0 Å². The zero-order valence-electron chi connectivity index (χ0n) is 16.9. The third-order valence-electron chi connectivity index (χ3n) is 5.74. The summed E-state index contributed by atoms with van der Waals surface area (Å²) in [4.78, 5) is 11.7. The summed E-state index contributed by atoms with van der Waals surface area (Å²) in [6, 6.07) is 4.35. The lowest BCUT2D eigenvalue weighted by atomic mass is 9.91. The molecule has 152 valence electrons. The second-order valence-corrected chi connectivity index (χ2v) is 8.17. The summed E-state index contributed by atoms with van der Waals surface area (Å²) in [7, 11) is 0. The highest BCUT2D eigenvalue weighted by molar-refractivity contribution is 5.40. The average molecular weight is 386 g/mol. The van der Waals surface area contributed by atoms with Gasteiger partial charge in [0.05, 0.1) is 6.04 Å². The highest BCUT2D eigenvalue weighted by Gasteiger charge is 2.30. The van der Waals surface area contributed by atoms with Gasteiger partial charge in [0.2, 0.25) is 5.89 Å². The van der Waals surface area contributed by atoms with E-state index in [0.29, 0.717) is 11.8 Å². The van der Waals surface area contributed by atoms with Crippen LogP contribution in [0.15, 0.2) is 22.9 Å². The smallest absolute Gasteiger partial charge is 0.244 e. The molecule has 2 saturated heterocycles. The number of anilines is 1. The maximum atomic E-state index is 5.63. The molecule has 2 aliphatic rings. The van der Waals surface area contributed by atoms with Crippen LogP contribution < -0.4 is 10.2 Å². The summed E-state index contributed by atoms with van der Waals surface area (Å²) in [6.07, 6.45) is 6.52. The van der Waals surface area contributed by atoms with Crippen molar-refractivity contribution in [2.24, 2.45) is 5.92 Å². The van der Waals surface area contributed by atoms with E-state index in [-0.39, 0.29) is 12.0 Å². The highest BCUT2D eigenvalue weighted by atomic mass is 16.5. The predicted molar refractivity (Wildman–Crippen MR) is 107 cm³/mol. The van der Waals surface area contributed by atoms with E-state index in [1.807, 2.05) is 6.20 Å². The van der Waals surface area contributed by atoms with E-state index in [2.05, 4.69) is 51.3 Å². The van der Waals surface area contributed by atoms with Crippen molar-refractivity contribution in [3.63, 3.8) is 0 Å². The van der Waals surface area contributed by atoms with E-state index in [1.165, 1.54) is 18.4 Å². The molecule has 0 amide bonds. The van der Waals surface area contributed by atoms with Gasteiger partial charge in [-0.25, -0.2) is 4.98 Å². The summed E-state index contributed by atoms with van der Waals surface area (Å²) in [5.41, 5.74) is 1.17. The van der Waals surface area contributed by atoms with E-state index < -0.39 is 0 Å². The number of nitrogens with zero attached hydrogens (tertiary/aromatic N) is 4. The van der Waals surface area contributed by atoms with Crippen LogP contribution in [-0.4, -0.2) is 41.4 Å². The molecule has 2 aromatic rings. The largest absolute Gasteiger partial charge is 0.381 e. The van der Waals surface area contributed by atoms with Crippen LogP contribution >= 0.6 is 0 Å². The van der Waals surface area contributed by atoms with E-state index in [9.17, 15) is 0 Å². The maximum absolute atomic E-state index is 5.63. The second kappa shape index (κ2) is 9.01. The first-order valence-corrected chi connectivity index (χ1v) is 10.5. The molecule has 7 heteroatoms. The highest BCUT2D eigenvalue weighted by Crippen LogP contribution is 2.30. The minimum atomic E-state index is 0.0437. The van der Waals surface area contributed by atoms with E-state index in [1.54, 1.807) is 0 Å². The fraction of sp³-hybridized carbons (Fsp3) is 0.667. The molecule has 28 heavy (non-hydrogen) atoms. The van der Waals surface area contributed by atoms with Gasteiger partial charge >= 0.3 is 0 Å². The number of hydrogen-bond donors (Lipinski definition) is 1. The minimum Gasteiger partial charge on any atom is -0.381 e. The van der Waals surface area contributed by atoms with Crippen LogP contribution in [0.5, 0.6) is 0 Å². The lowest BCUT2D eigenvalue weighted by Gasteiger charge is -2.28. The van der Waals surface area contributed by atoms with Gasteiger partial charge in [0.25, 0.3) is 0 Å². The van der Waals surface area contributed by atoms with Gasteiger partial charge < -0.3 is 19.5 Å². The molecule has 1 atom stereocenters. The van der Waals surface area contributed by atoms with Crippen molar-refractivity contribution in [1.82, 2.24) is 20.4 Å². The van der Waals surface area contributed by atoms with Crippen molar-refractivity contribution in [3.05, 3.63) is 35.6 Å². The van der Waals surface area contributed by atoms with Crippen molar-refractivity contribution in [3.8, 4) is 0 Å². The first kappa shape index (κ1) is 19.3. The van der Waals surface area contributed by atoms with E-state index in [0.717, 1.165) is 57.3 Å². The number of aromatic nitrogens is 3. The molecule has 2 aromatic heterocycles. The standard InChI is InChI=1S/C21H31N5O2/c1-15(2)20-24-21(28-25-20)19(17-7-11-27-12-8-17)23-14-16-5-6-18(22-13-16)26-9-3-4-10-26/h5-6,13,15,17,19,23H,3-4,7-12,14H2,1-2H3. The number of pyridine rings is 1. The van der Waals surface area contributed by atoms with E-state index in [4.69, 9.17) is 9.26 Å². The van der Waals surface area contributed by atoms with Gasteiger partial charge in [0.1, 0.15) is 5.82 Å². The van der Waals surface area contributed by atoms with Crippen molar-refractivity contribution >= 4 is 5.82 Å². The van der Waals surface area contributed by atoms with Crippen LogP contribution in [0.3, 0.4) is 0 Å². The van der Waals surface area contributed by atoms with Gasteiger partial charge in [-0.05, 0) is 43.2 Å². The Morgan fingerprint density at radius 2 is 1.96 bits per heavy atom. The van der Waals surface area contributed by atoms with Gasteiger partial charge in [0, 0.05) is 45.0 Å². The number of ether oxygens (including phenoxy) is 1. The maximum Gasteiger partial charge on any atom is 0.244 e. The summed E-state index contributed by atoms with van der Waals surface area (Å²) >= 11 is 0. The monoisotopic (exact) mass is 385 g/mol. The molecule has 1 N–H and O–H groups in total. The summed E-state index contributed by atoms with van der Waals surface area (Å²) in [5, 5.41) is 7.82. The molecule has 4 rings (SSSR count). The third-order valence-corrected chi connectivity index (χ3v) is 5.74. The molecule has 0 aliphatic carbocycles. The predicted octanol–water partition coefficient (Wildman–Crippen LogP) is 3.45. The van der Waals surface area contributed by atoms with Gasteiger partial charge in [-0.3, -0.25) is 0 Å². The van der Waals surface area contributed by atoms with Gasteiger partial charge in [-0.2, -0.15) is 4.98 Å². The molecule has 2 fully saturated rings. The lowest BCUT2D eigenvalue weighted by molar-refractivity contribution is 0.0485. The second-order valence-electron chi connectivity index (χ2n) is 8.17. The molecule has 7 nitrogen and oxygen atoms in total. The quantitative estimate of drug-likeness (QED) is 0.782. The van der Waals surface area contributed by atoms with Gasteiger partial charge in [0.15, 0.2) is 5.82 Å². The van der Waals surface area contributed by atoms with Crippen molar-refractivity contribution in [2.45, 2.75) is 58.0 Å². The molecular formula is C21H31N5O2. The van der Waals surface area contributed by atoms with E-state index >= 15 is 0 Å². The van der Waals surface area contributed by atoms with Crippen molar-refractivity contribution < 1.29 is 9.26 Å². The summed E-state index contributed by atoms with van der Waals surface area (Å²) < 4.78 is 11.2. The molecule has 0 spiro atoms. The molecule has 0 bridgehead atoms. The zero-order valence-corrected chi connectivity index (χ0v) is 16.9. The van der Waals surface area contributed by atoms with Crippen LogP contribution in [0, 0.1) is 5.92 Å². The number of hydrogen-bond acceptors (Lipinski definition) is 7. The lowest BCUT2D eigenvalue weighted by Crippen LogP contribution is -2.32. The molecule has 1 unspecified atom stereocenters. The Balaban J connectivity index is 1.44. The van der Waals surface area contributed by atoms with Gasteiger partial charge in [-0.15, -0.1) is 0 Å². The van der Waals surface area contributed by atoms with Crippen LogP contribution in [0.4, 0.5) is 5.82 Å². The van der Waals surface area contributed by atoms with Crippen molar-refractivity contribution in [2.75, 3.05) is 31.2 Å². The molecular weight excluding hydrogens is 354 g/mol. The molecule has 0 saturated carbocycles. The molecule has 0 radical (unpaired) electrons. The van der Waals surface area contributed by atoms with Gasteiger partial charge in [-0.1, -0.05) is 25.1 Å². The topological polar surface area (TPSA) is 76.3 Å². The Morgan fingerprint density at radius 3 is 2.61 bits per heavy atom. The zero-order chi connectivity index (χ0) is 19.3. The Labute approximate surface area is 166 Å². The Morgan fingerprint density at radius 1 is 1.18 bits per heavy atom.